The largest absolute Gasteiger partial charge is 0.416 e. The second kappa shape index (κ2) is 6.96. The summed E-state index contributed by atoms with van der Waals surface area (Å²) in [4.78, 5) is 26.7. The zero-order valence-corrected chi connectivity index (χ0v) is 15.1. The molecule has 28 heavy (non-hydrogen) atoms. The predicted octanol–water partition coefficient (Wildman–Crippen LogP) is 4.65. The summed E-state index contributed by atoms with van der Waals surface area (Å²) in [6, 6.07) is 9.61. The van der Waals surface area contributed by atoms with E-state index < -0.39 is 17.6 Å². The first-order valence-corrected chi connectivity index (χ1v) is 9.26. The fourth-order valence-electron chi connectivity index (χ4n) is 3.49. The van der Waals surface area contributed by atoms with Crippen LogP contribution < -0.4 is 10.2 Å². The van der Waals surface area contributed by atoms with Gasteiger partial charge in [0.05, 0.1) is 5.56 Å². The van der Waals surface area contributed by atoms with Gasteiger partial charge in [-0.3, -0.25) is 9.59 Å². The third kappa shape index (κ3) is 3.74. The van der Waals surface area contributed by atoms with Crippen LogP contribution in [-0.4, -0.2) is 18.4 Å². The number of hydrogen-bond acceptors (Lipinski definition) is 2. The van der Waals surface area contributed by atoms with Crippen LogP contribution in [0.25, 0.3) is 0 Å². The van der Waals surface area contributed by atoms with Gasteiger partial charge in [-0.05, 0) is 67.6 Å². The number of hydrogen-bond donors (Lipinski definition) is 1. The van der Waals surface area contributed by atoms with Crippen molar-refractivity contribution in [2.75, 3.05) is 16.8 Å². The van der Waals surface area contributed by atoms with Crippen molar-refractivity contribution >= 4 is 23.2 Å². The lowest BCUT2D eigenvalue weighted by atomic mass is 10.00. The van der Waals surface area contributed by atoms with Crippen LogP contribution in [0.15, 0.2) is 42.5 Å². The number of fused-ring (bicyclic) bond motifs is 1. The van der Waals surface area contributed by atoms with Crippen molar-refractivity contribution in [3.63, 3.8) is 0 Å². The Kier molecular flexibility index (Phi) is 4.61. The van der Waals surface area contributed by atoms with Crippen molar-refractivity contribution in [1.82, 2.24) is 0 Å². The number of aryl methyl sites for hydroxylation is 1. The number of rotatable bonds is 3. The fourth-order valence-corrected chi connectivity index (χ4v) is 3.49. The number of nitrogens with zero attached hydrogens (tertiary/aromatic N) is 1. The lowest BCUT2D eigenvalue weighted by Crippen LogP contribution is -2.36. The van der Waals surface area contributed by atoms with E-state index in [9.17, 15) is 22.8 Å². The van der Waals surface area contributed by atoms with Crippen LogP contribution in [-0.2, 0) is 17.4 Å². The van der Waals surface area contributed by atoms with Gasteiger partial charge < -0.3 is 10.2 Å². The molecule has 1 aliphatic heterocycles. The molecule has 0 radical (unpaired) electrons. The van der Waals surface area contributed by atoms with Gasteiger partial charge >= 0.3 is 6.18 Å². The van der Waals surface area contributed by atoms with Crippen LogP contribution in [0.3, 0.4) is 0 Å². The van der Waals surface area contributed by atoms with Crippen molar-refractivity contribution in [3.05, 3.63) is 59.2 Å². The molecular weight excluding hydrogens is 369 g/mol. The van der Waals surface area contributed by atoms with Gasteiger partial charge in [-0.15, -0.1) is 0 Å². The molecular formula is C21H19F3N2O2. The molecule has 0 spiro atoms. The van der Waals surface area contributed by atoms with E-state index in [1.54, 1.807) is 18.2 Å². The minimum atomic E-state index is -4.50. The highest BCUT2D eigenvalue weighted by Gasteiger charge is 2.35. The number of carbonyl (C=O) groups excluding carboxylic acids is 2. The normalized spacial score (nSPS) is 16.5. The zero-order chi connectivity index (χ0) is 19.9. The highest BCUT2D eigenvalue weighted by atomic mass is 19.4. The van der Waals surface area contributed by atoms with Gasteiger partial charge in [0.25, 0.3) is 5.91 Å². The Morgan fingerprint density at radius 2 is 1.86 bits per heavy atom. The zero-order valence-electron chi connectivity index (χ0n) is 15.1. The Bertz CT molecular complexity index is 935. The maximum Gasteiger partial charge on any atom is 0.416 e. The van der Waals surface area contributed by atoms with Crippen LogP contribution in [0.2, 0.25) is 0 Å². The third-order valence-electron chi connectivity index (χ3n) is 5.10. The van der Waals surface area contributed by atoms with Gasteiger partial charge in [-0.25, -0.2) is 0 Å². The molecule has 1 fully saturated rings. The van der Waals surface area contributed by atoms with Gasteiger partial charge in [0.2, 0.25) is 5.91 Å². The molecule has 0 aromatic heterocycles. The first-order chi connectivity index (χ1) is 13.3. The molecule has 1 N–H and O–H groups in total. The van der Waals surface area contributed by atoms with Crippen LogP contribution >= 0.6 is 0 Å². The smallest absolute Gasteiger partial charge is 0.322 e. The molecule has 4 nitrogen and oxygen atoms in total. The summed E-state index contributed by atoms with van der Waals surface area (Å²) in [5, 5.41) is 2.66. The second-order valence-corrected chi connectivity index (χ2v) is 7.24. The molecule has 1 aliphatic carbocycles. The molecule has 0 bridgehead atoms. The summed E-state index contributed by atoms with van der Waals surface area (Å²) in [6.07, 6.45) is -0.987. The summed E-state index contributed by atoms with van der Waals surface area (Å²) in [5.41, 5.74) is 1.40. The van der Waals surface area contributed by atoms with E-state index in [1.165, 1.54) is 12.1 Å². The SMILES string of the molecule is O=C(Nc1ccc2c(c1)CCCN2C(=O)C1CC1)c1cccc(C(F)(F)F)c1. The molecule has 0 atom stereocenters. The second-order valence-electron chi connectivity index (χ2n) is 7.24. The number of carbonyl (C=O) groups is 2. The molecule has 2 amide bonds. The Labute approximate surface area is 160 Å². The van der Waals surface area contributed by atoms with E-state index in [0.29, 0.717) is 12.2 Å². The number of halogens is 3. The number of amides is 2. The molecule has 0 saturated heterocycles. The van der Waals surface area contributed by atoms with E-state index in [2.05, 4.69) is 5.32 Å². The Hall–Kier alpha value is -2.83. The van der Waals surface area contributed by atoms with Crippen molar-refractivity contribution in [2.45, 2.75) is 31.9 Å². The summed E-state index contributed by atoms with van der Waals surface area (Å²) < 4.78 is 38.5. The van der Waals surface area contributed by atoms with Crippen LogP contribution in [0.4, 0.5) is 24.5 Å². The molecule has 2 aromatic carbocycles. The lowest BCUT2D eigenvalue weighted by Gasteiger charge is -2.30. The van der Waals surface area contributed by atoms with Gasteiger partial charge in [0.15, 0.2) is 0 Å². The Balaban J connectivity index is 1.53. The molecule has 1 saturated carbocycles. The monoisotopic (exact) mass is 388 g/mol. The molecule has 0 unspecified atom stereocenters. The summed E-state index contributed by atoms with van der Waals surface area (Å²) in [5.74, 6) is -0.319. The Morgan fingerprint density at radius 3 is 2.57 bits per heavy atom. The first-order valence-electron chi connectivity index (χ1n) is 9.26. The molecule has 146 valence electrons. The Morgan fingerprint density at radius 1 is 1.07 bits per heavy atom. The van der Waals surface area contributed by atoms with Crippen molar-refractivity contribution < 1.29 is 22.8 Å². The maximum atomic E-state index is 12.8. The van der Waals surface area contributed by atoms with Crippen molar-refractivity contribution in [2.24, 2.45) is 5.92 Å². The van der Waals surface area contributed by atoms with E-state index in [1.807, 2.05) is 4.90 Å². The number of anilines is 2. The standard InChI is InChI=1S/C21H19F3N2O2/c22-21(23,24)16-5-1-3-15(11-16)19(27)25-17-8-9-18-14(12-17)4-2-10-26(18)20(28)13-6-7-13/h1,3,5,8-9,11-13H,2,4,6-7,10H2,(H,25,27). The third-order valence-corrected chi connectivity index (χ3v) is 5.10. The molecule has 4 rings (SSSR count). The van der Waals surface area contributed by atoms with Crippen LogP contribution in [0.1, 0.15) is 40.7 Å². The highest BCUT2D eigenvalue weighted by molar-refractivity contribution is 6.05. The highest BCUT2D eigenvalue weighted by Crippen LogP contribution is 2.36. The number of benzene rings is 2. The maximum absolute atomic E-state index is 12.8. The van der Waals surface area contributed by atoms with Gasteiger partial charge in [0, 0.05) is 29.4 Å². The van der Waals surface area contributed by atoms with Crippen molar-refractivity contribution in [1.29, 1.82) is 0 Å². The van der Waals surface area contributed by atoms with E-state index >= 15 is 0 Å². The fraction of sp³-hybridized carbons (Fsp3) is 0.333. The van der Waals surface area contributed by atoms with Crippen LogP contribution in [0.5, 0.6) is 0 Å². The van der Waals surface area contributed by atoms with Crippen LogP contribution in [0, 0.1) is 5.92 Å². The van der Waals surface area contributed by atoms with Gasteiger partial charge in [-0.2, -0.15) is 13.2 Å². The van der Waals surface area contributed by atoms with E-state index in [4.69, 9.17) is 0 Å². The molecule has 2 aliphatic rings. The topological polar surface area (TPSA) is 49.4 Å². The number of nitrogens with one attached hydrogen (secondary N) is 1. The summed E-state index contributed by atoms with van der Waals surface area (Å²) >= 11 is 0. The summed E-state index contributed by atoms with van der Waals surface area (Å²) in [7, 11) is 0. The number of alkyl halides is 3. The van der Waals surface area contributed by atoms with Gasteiger partial charge in [-0.1, -0.05) is 6.07 Å². The average Bonchev–Trinajstić information content (AvgIpc) is 3.51. The van der Waals surface area contributed by atoms with E-state index in [0.717, 1.165) is 49.1 Å². The molecule has 7 heteroatoms. The minimum Gasteiger partial charge on any atom is -0.322 e. The average molecular weight is 388 g/mol. The van der Waals surface area contributed by atoms with Crippen molar-refractivity contribution in [3.8, 4) is 0 Å². The lowest BCUT2D eigenvalue weighted by molar-refractivity contribution is -0.137. The first kappa shape index (κ1) is 18.5. The molecule has 1 heterocycles. The minimum absolute atomic E-state index is 0.0573. The summed E-state index contributed by atoms with van der Waals surface area (Å²) in [6.45, 7) is 0.693. The quantitative estimate of drug-likeness (QED) is 0.832. The van der Waals surface area contributed by atoms with Gasteiger partial charge in [0.1, 0.15) is 0 Å². The van der Waals surface area contributed by atoms with E-state index in [-0.39, 0.29) is 17.4 Å². The predicted molar refractivity (Wildman–Crippen MR) is 99.2 cm³/mol. The molecule has 2 aromatic rings.